The Morgan fingerprint density at radius 2 is 1.67 bits per heavy atom. The number of fused-ring (bicyclic) bond motifs is 1. The summed E-state index contributed by atoms with van der Waals surface area (Å²) in [6.07, 6.45) is 1.46. The van der Waals surface area contributed by atoms with Crippen molar-refractivity contribution >= 4 is 29.2 Å². The number of ether oxygens (including phenoxy) is 1. The van der Waals surface area contributed by atoms with Crippen LogP contribution < -0.4 is 9.80 Å². The molecule has 0 bridgehead atoms. The summed E-state index contributed by atoms with van der Waals surface area (Å²) >= 11 is 0. The molecule has 0 atom stereocenters. The molecule has 1 amide bonds. The molecule has 9 nitrogen and oxygen atoms in total. The molecule has 11 heteroatoms. The first-order valence-electron chi connectivity index (χ1n) is 13.9. The molecule has 3 aromatic rings. The maximum absolute atomic E-state index is 14.2. The Kier molecular flexibility index (Phi) is 7.19. The van der Waals surface area contributed by atoms with Crippen molar-refractivity contribution in [3.05, 3.63) is 69.8 Å². The van der Waals surface area contributed by atoms with E-state index in [4.69, 9.17) is 9.72 Å². The molecule has 2 aliphatic heterocycles. The van der Waals surface area contributed by atoms with Gasteiger partial charge in [-0.2, -0.15) is 0 Å². The van der Waals surface area contributed by atoms with E-state index in [-0.39, 0.29) is 17.2 Å². The molecule has 1 aromatic carbocycles. The SMILES string of the molecule is COC(=O)c1c(C)cc(N2CCN(C(=O)c3cnc4c(n3)C(C)(C)CN4c3cc(C)c(F)c(F)c3)C(C)(C)C2)nc1C. The van der Waals surface area contributed by atoms with Gasteiger partial charge in [0, 0.05) is 43.3 Å². The molecule has 0 unspecified atom stereocenters. The molecular weight excluding hydrogens is 542 g/mol. The minimum absolute atomic E-state index is 0.206. The fourth-order valence-corrected chi connectivity index (χ4v) is 6.01. The molecule has 0 N–H and O–H groups in total. The molecule has 0 spiro atoms. The average Bonchev–Trinajstić information content (AvgIpc) is 3.19. The smallest absolute Gasteiger partial charge is 0.339 e. The molecule has 0 saturated carbocycles. The van der Waals surface area contributed by atoms with Gasteiger partial charge in [0.2, 0.25) is 0 Å². The number of anilines is 3. The van der Waals surface area contributed by atoms with E-state index >= 15 is 0 Å². The molecule has 2 aliphatic rings. The Balaban J connectivity index is 1.39. The van der Waals surface area contributed by atoms with Crippen LogP contribution in [0.15, 0.2) is 24.4 Å². The van der Waals surface area contributed by atoms with E-state index in [1.807, 2.05) is 45.6 Å². The number of piperazine rings is 1. The molecular formula is C31H36F2N6O3. The third kappa shape index (κ3) is 4.94. The van der Waals surface area contributed by atoms with E-state index < -0.39 is 28.6 Å². The van der Waals surface area contributed by atoms with Crippen molar-refractivity contribution in [2.45, 2.75) is 59.4 Å². The number of methoxy groups -OCH3 is 1. The third-order valence-electron chi connectivity index (χ3n) is 8.17. The number of nitrogens with zero attached hydrogens (tertiary/aromatic N) is 6. The van der Waals surface area contributed by atoms with Crippen LogP contribution in [0.5, 0.6) is 0 Å². The average molecular weight is 579 g/mol. The second-order valence-corrected chi connectivity index (χ2v) is 12.4. The van der Waals surface area contributed by atoms with Crippen LogP contribution in [0.4, 0.5) is 26.1 Å². The van der Waals surface area contributed by atoms with Crippen molar-refractivity contribution in [1.82, 2.24) is 19.9 Å². The van der Waals surface area contributed by atoms with Crippen molar-refractivity contribution in [3.8, 4) is 0 Å². The minimum Gasteiger partial charge on any atom is -0.465 e. The third-order valence-corrected chi connectivity index (χ3v) is 8.17. The van der Waals surface area contributed by atoms with Crippen LogP contribution in [0.2, 0.25) is 0 Å². The summed E-state index contributed by atoms with van der Waals surface area (Å²) in [5.74, 6) is -1.16. The number of carbonyl (C=O) groups is 2. The van der Waals surface area contributed by atoms with Crippen LogP contribution in [0.1, 0.15) is 71.1 Å². The second kappa shape index (κ2) is 10.3. The Morgan fingerprint density at radius 1 is 0.952 bits per heavy atom. The standard InChI is InChI=1S/C31H36F2N6O3/c1-17-12-23(35-19(3)24(17)29(41)42-8)37-9-10-39(31(6,7)16-37)28(40)22-14-34-27-26(36-22)30(4,5)15-38(27)20-11-18(2)25(33)21(32)13-20/h11-14H,9-10,15-16H2,1-8H3. The van der Waals surface area contributed by atoms with Gasteiger partial charge < -0.3 is 19.4 Å². The first-order valence-corrected chi connectivity index (χ1v) is 13.9. The zero-order chi connectivity index (χ0) is 30.7. The number of halogens is 2. The number of amides is 1. The first-order chi connectivity index (χ1) is 19.6. The number of carbonyl (C=O) groups excluding carboxylic acids is 2. The van der Waals surface area contributed by atoms with Gasteiger partial charge in [0.1, 0.15) is 11.5 Å². The fraction of sp³-hybridized carbons (Fsp3) is 0.452. The summed E-state index contributed by atoms with van der Waals surface area (Å²) in [7, 11) is 1.35. The highest BCUT2D eigenvalue weighted by Crippen LogP contribution is 2.42. The van der Waals surface area contributed by atoms with Crippen LogP contribution in [0.25, 0.3) is 0 Å². The Bertz CT molecular complexity index is 1560. The Labute approximate surface area is 244 Å². The highest BCUT2D eigenvalue weighted by Gasteiger charge is 2.42. The molecule has 1 fully saturated rings. The maximum atomic E-state index is 14.2. The lowest BCUT2D eigenvalue weighted by Gasteiger charge is -2.47. The van der Waals surface area contributed by atoms with Crippen LogP contribution in [-0.2, 0) is 10.2 Å². The highest BCUT2D eigenvalue weighted by atomic mass is 19.2. The zero-order valence-electron chi connectivity index (χ0n) is 25.3. The normalized spacial score (nSPS) is 17.3. The van der Waals surface area contributed by atoms with Gasteiger partial charge >= 0.3 is 5.97 Å². The topological polar surface area (TPSA) is 91.8 Å². The summed E-state index contributed by atoms with van der Waals surface area (Å²) in [6, 6.07) is 4.63. The zero-order valence-corrected chi connectivity index (χ0v) is 25.3. The van der Waals surface area contributed by atoms with Gasteiger partial charge in [-0.3, -0.25) is 4.79 Å². The summed E-state index contributed by atoms with van der Waals surface area (Å²) in [6.45, 7) is 15.1. The molecule has 0 aliphatic carbocycles. The van der Waals surface area contributed by atoms with Crippen LogP contribution in [0, 0.1) is 32.4 Å². The Hall–Kier alpha value is -4.15. The first kappa shape index (κ1) is 29.3. The lowest BCUT2D eigenvalue weighted by Crippen LogP contribution is -2.61. The predicted octanol–water partition coefficient (Wildman–Crippen LogP) is 5.03. The molecule has 42 heavy (non-hydrogen) atoms. The van der Waals surface area contributed by atoms with Gasteiger partial charge in [-0.05, 0) is 57.9 Å². The van der Waals surface area contributed by atoms with Gasteiger partial charge in [-0.1, -0.05) is 13.8 Å². The number of hydrogen-bond acceptors (Lipinski definition) is 8. The van der Waals surface area contributed by atoms with Gasteiger partial charge in [0.25, 0.3) is 5.91 Å². The molecule has 4 heterocycles. The lowest BCUT2D eigenvalue weighted by molar-refractivity contribution is 0.0505. The minimum atomic E-state index is -0.919. The second-order valence-electron chi connectivity index (χ2n) is 12.4. The van der Waals surface area contributed by atoms with E-state index in [1.54, 1.807) is 17.9 Å². The number of esters is 1. The molecule has 0 radical (unpaired) electrons. The van der Waals surface area contributed by atoms with Gasteiger partial charge in [-0.15, -0.1) is 0 Å². The van der Waals surface area contributed by atoms with E-state index in [2.05, 4.69) is 14.9 Å². The summed E-state index contributed by atoms with van der Waals surface area (Å²) < 4.78 is 33.1. The van der Waals surface area contributed by atoms with Gasteiger partial charge in [0.15, 0.2) is 17.5 Å². The summed E-state index contributed by atoms with van der Waals surface area (Å²) in [5, 5.41) is 0. The quantitative estimate of drug-likeness (QED) is 0.398. The van der Waals surface area contributed by atoms with E-state index in [0.717, 1.165) is 17.4 Å². The van der Waals surface area contributed by atoms with Crippen molar-refractivity contribution in [2.24, 2.45) is 0 Å². The number of pyridine rings is 1. The predicted molar refractivity (Wildman–Crippen MR) is 156 cm³/mol. The van der Waals surface area contributed by atoms with E-state index in [1.165, 1.54) is 20.2 Å². The van der Waals surface area contributed by atoms with Crippen molar-refractivity contribution in [1.29, 1.82) is 0 Å². The van der Waals surface area contributed by atoms with Crippen LogP contribution >= 0.6 is 0 Å². The number of rotatable bonds is 4. The van der Waals surface area contributed by atoms with Gasteiger partial charge in [0.05, 0.1) is 35.8 Å². The number of aryl methyl sites for hydroxylation is 3. The molecule has 1 saturated heterocycles. The van der Waals surface area contributed by atoms with Crippen LogP contribution in [-0.4, -0.2) is 70.6 Å². The summed E-state index contributed by atoms with van der Waals surface area (Å²) in [4.78, 5) is 45.8. The largest absolute Gasteiger partial charge is 0.465 e. The highest BCUT2D eigenvalue weighted by molar-refractivity contribution is 5.94. The Morgan fingerprint density at radius 3 is 2.29 bits per heavy atom. The van der Waals surface area contributed by atoms with Crippen molar-refractivity contribution in [2.75, 3.05) is 43.1 Å². The summed E-state index contributed by atoms with van der Waals surface area (Å²) in [5.41, 5.74) is 2.35. The molecule has 222 valence electrons. The molecule has 5 rings (SSSR count). The van der Waals surface area contributed by atoms with E-state index in [0.29, 0.717) is 54.6 Å². The lowest BCUT2D eigenvalue weighted by atomic mass is 9.92. The van der Waals surface area contributed by atoms with Crippen LogP contribution in [0.3, 0.4) is 0 Å². The number of aromatic nitrogens is 3. The molecule has 2 aromatic heterocycles. The number of hydrogen-bond donors (Lipinski definition) is 0. The monoisotopic (exact) mass is 578 g/mol. The maximum Gasteiger partial charge on any atom is 0.339 e. The number of benzene rings is 1. The van der Waals surface area contributed by atoms with E-state index in [9.17, 15) is 18.4 Å². The van der Waals surface area contributed by atoms with Crippen molar-refractivity contribution < 1.29 is 23.1 Å². The van der Waals surface area contributed by atoms with Crippen molar-refractivity contribution in [3.63, 3.8) is 0 Å². The fourth-order valence-electron chi connectivity index (χ4n) is 6.01. The van der Waals surface area contributed by atoms with Gasteiger partial charge in [-0.25, -0.2) is 28.5 Å².